The molecule has 34 heavy (non-hydrogen) atoms. The van der Waals surface area contributed by atoms with E-state index < -0.39 is 30.3 Å². The molecule has 1 saturated heterocycles. The van der Waals surface area contributed by atoms with Gasteiger partial charge >= 0.3 is 5.97 Å². The largest absolute Gasteiger partial charge is 0.452 e. The van der Waals surface area contributed by atoms with Crippen LogP contribution in [0.2, 0.25) is 0 Å². The zero-order valence-corrected chi connectivity index (χ0v) is 20.2. The Bertz CT molecular complexity index is 1100. The Morgan fingerprint density at radius 2 is 1.47 bits per heavy atom. The number of nitrogens with zero attached hydrogens (tertiary/aromatic N) is 1. The lowest BCUT2D eigenvalue weighted by Gasteiger charge is -2.28. The average molecular weight is 503 g/mol. The number of benzene rings is 2. The van der Waals surface area contributed by atoms with Crippen LogP contribution in [0, 0.1) is 25.7 Å². The molecular weight excluding hydrogens is 479 g/mol. The maximum atomic E-state index is 12.9. The molecule has 1 heterocycles. The average Bonchev–Trinajstić information content (AvgIpc) is 3.04. The number of carbonyl (C=O) groups excluding carboxylic acids is 4. The van der Waals surface area contributed by atoms with E-state index in [1.807, 2.05) is 32.0 Å². The fourth-order valence-corrected chi connectivity index (χ4v) is 5.09. The summed E-state index contributed by atoms with van der Waals surface area (Å²) in [6, 6.07) is 11.6. The number of imide groups is 1. The van der Waals surface area contributed by atoms with Crippen molar-refractivity contribution in [3.8, 4) is 0 Å². The summed E-state index contributed by atoms with van der Waals surface area (Å²) in [7, 11) is 0. The van der Waals surface area contributed by atoms with E-state index in [1.165, 1.54) is 24.3 Å². The van der Waals surface area contributed by atoms with Crippen molar-refractivity contribution >= 4 is 58.3 Å². The molecule has 0 unspecified atom stereocenters. The van der Waals surface area contributed by atoms with Crippen LogP contribution in [-0.2, 0) is 19.1 Å². The number of para-hydroxylation sites is 1. The van der Waals surface area contributed by atoms with Gasteiger partial charge in [-0.05, 0) is 62.1 Å². The van der Waals surface area contributed by atoms with Gasteiger partial charge in [0.05, 0.1) is 33.8 Å². The van der Waals surface area contributed by atoms with Gasteiger partial charge in [0.15, 0.2) is 6.61 Å². The standard InChI is InChI=1S/C25H24Cl2N2O5/c1-13-4-3-5-14(2)22(13)28-21(30)12-34-25(33)15-6-8-16(9-7-15)29-23(31)17-10-19(26)20(27)11-18(17)24(29)32/h3-9,17-20H,10-12H2,1-2H3,(H,28,30)/t17-,18-,19+,20+/m1/s1. The van der Waals surface area contributed by atoms with E-state index in [4.69, 9.17) is 27.9 Å². The van der Waals surface area contributed by atoms with E-state index in [-0.39, 0.29) is 28.1 Å². The van der Waals surface area contributed by atoms with E-state index in [0.717, 1.165) is 16.0 Å². The first-order chi connectivity index (χ1) is 16.2. The summed E-state index contributed by atoms with van der Waals surface area (Å²) < 4.78 is 5.12. The molecule has 1 N–H and O–H groups in total. The number of hydrogen-bond acceptors (Lipinski definition) is 5. The summed E-state index contributed by atoms with van der Waals surface area (Å²) in [5.74, 6) is -2.71. The fraction of sp³-hybridized carbons (Fsp3) is 0.360. The molecule has 0 bridgehead atoms. The number of nitrogens with one attached hydrogen (secondary N) is 1. The molecule has 1 saturated carbocycles. The van der Waals surface area contributed by atoms with Gasteiger partial charge in [-0.3, -0.25) is 19.3 Å². The molecule has 1 aliphatic heterocycles. The minimum absolute atomic E-state index is 0.196. The van der Waals surface area contributed by atoms with Crippen molar-refractivity contribution in [3.05, 3.63) is 59.2 Å². The molecule has 0 spiro atoms. The van der Waals surface area contributed by atoms with Crippen molar-refractivity contribution in [1.29, 1.82) is 0 Å². The number of amides is 3. The molecule has 178 valence electrons. The first-order valence-corrected chi connectivity index (χ1v) is 11.8. The van der Waals surface area contributed by atoms with Gasteiger partial charge in [0.25, 0.3) is 5.91 Å². The Morgan fingerprint density at radius 1 is 0.941 bits per heavy atom. The normalized spacial score (nSPS) is 24.1. The summed E-state index contributed by atoms with van der Waals surface area (Å²) in [6.07, 6.45) is 0.714. The summed E-state index contributed by atoms with van der Waals surface area (Å²) in [6.45, 7) is 3.31. The summed E-state index contributed by atoms with van der Waals surface area (Å²) >= 11 is 12.4. The van der Waals surface area contributed by atoms with Gasteiger partial charge in [0.1, 0.15) is 0 Å². The number of esters is 1. The number of ether oxygens (including phenoxy) is 1. The number of anilines is 2. The lowest BCUT2D eigenvalue weighted by atomic mass is 9.80. The number of aryl methyl sites for hydroxylation is 2. The van der Waals surface area contributed by atoms with Gasteiger partial charge in [0.2, 0.25) is 11.8 Å². The molecule has 3 amide bonds. The third kappa shape index (κ3) is 4.68. The maximum Gasteiger partial charge on any atom is 0.338 e. The van der Waals surface area contributed by atoms with Crippen LogP contribution in [-0.4, -0.2) is 41.1 Å². The van der Waals surface area contributed by atoms with Gasteiger partial charge in [-0.2, -0.15) is 0 Å². The Balaban J connectivity index is 1.38. The molecule has 0 radical (unpaired) electrons. The highest BCUT2D eigenvalue weighted by molar-refractivity contribution is 6.31. The van der Waals surface area contributed by atoms with Crippen molar-refractivity contribution in [1.82, 2.24) is 0 Å². The molecule has 2 aliphatic rings. The van der Waals surface area contributed by atoms with Gasteiger partial charge in [0, 0.05) is 5.69 Å². The van der Waals surface area contributed by atoms with Crippen LogP contribution in [0.1, 0.15) is 34.3 Å². The van der Waals surface area contributed by atoms with Crippen molar-refractivity contribution in [2.45, 2.75) is 37.4 Å². The predicted molar refractivity (Wildman–Crippen MR) is 129 cm³/mol. The molecule has 4 atom stereocenters. The van der Waals surface area contributed by atoms with Crippen LogP contribution in [0.25, 0.3) is 0 Å². The van der Waals surface area contributed by atoms with Gasteiger partial charge in [-0.25, -0.2) is 4.79 Å². The van der Waals surface area contributed by atoms with Gasteiger partial charge < -0.3 is 10.1 Å². The number of alkyl halides is 2. The number of halogens is 2. The number of carbonyl (C=O) groups is 4. The molecule has 0 aromatic heterocycles. The van der Waals surface area contributed by atoms with E-state index in [2.05, 4.69) is 5.32 Å². The summed E-state index contributed by atoms with van der Waals surface area (Å²) in [5.41, 5.74) is 3.07. The molecule has 2 aromatic carbocycles. The Morgan fingerprint density at radius 3 is 2.00 bits per heavy atom. The number of rotatable bonds is 5. The minimum Gasteiger partial charge on any atom is -0.452 e. The first-order valence-electron chi connectivity index (χ1n) is 11.0. The second kappa shape index (κ2) is 9.76. The van der Waals surface area contributed by atoms with Crippen LogP contribution < -0.4 is 10.2 Å². The topological polar surface area (TPSA) is 92.8 Å². The second-order valence-corrected chi connectivity index (χ2v) is 9.79. The minimum atomic E-state index is -0.689. The lowest BCUT2D eigenvalue weighted by Crippen LogP contribution is -2.34. The monoisotopic (exact) mass is 502 g/mol. The molecule has 9 heteroatoms. The Labute approximate surface area is 207 Å². The van der Waals surface area contributed by atoms with E-state index >= 15 is 0 Å². The van der Waals surface area contributed by atoms with Crippen molar-refractivity contribution in [3.63, 3.8) is 0 Å². The van der Waals surface area contributed by atoms with Crippen molar-refractivity contribution in [2.24, 2.45) is 11.8 Å². The molecule has 4 rings (SSSR count). The first kappa shape index (κ1) is 24.2. The van der Waals surface area contributed by atoms with Crippen LogP contribution >= 0.6 is 23.2 Å². The van der Waals surface area contributed by atoms with Crippen LogP contribution in [0.5, 0.6) is 0 Å². The maximum absolute atomic E-state index is 12.9. The SMILES string of the molecule is Cc1cccc(C)c1NC(=O)COC(=O)c1ccc(N2C(=O)[C@@H]3C[C@H](Cl)[C@@H](Cl)C[C@H]3C2=O)cc1. The molecule has 7 nitrogen and oxygen atoms in total. The number of hydrogen-bond donors (Lipinski definition) is 1. The second-order valence-electron chi connectivity index (χ2n) is 8.67. The van der Waals surface area contributed by atoms with Crippen molar-refractivity contribution in [2.75, 3.05) is 16.8 Å². The molecule has 1 aliphatic carbocycles. The summed E-state index contributed by atoms with van der Waals surface area (Å²) in [4.78, 5) is 51.5. The third-order valence-corrected chi connectivity index (χ3v) is 7.45. The Kier molecular flexibility index (Phi) is 6.96. The van der Waals surface area contributed by atoms with Crippen molar-refractivity contribution < 1.29 is 23.9 Å². The molecular formula is C25H24Cl2N2O5. The summed E-state index contributed by atoms with van der Waals surface area (Å²) in [5, 5.41) is 2.04. The smallest absolute Gasteiger partial charge is 0.338 e. The Hall–Kier alpha value is -2.90. The molecule has 2 fully saturated rings. The number of fused-ring (bicyclic) bond motifs is 1. The van der Waals surface area contributed by atoms with Gasteiger partial charge in [-0.1, -0.05) is 18.2 Å². The fourth-order valence-electron chi connectivity index (χ4n) is 4.50. The zero-order valence-electron chi connectivity index (χ0n) is 18.7. The molecule has 2 aromatic rings. The van der Waals surface area contributed by atoms with Crippen LogP contribution in [0.4, 0.5) is 11.4 Å². The highest BCUT2D eigenvalue weighted by Crippen LogP contribution is 2.43. The van der Waals surface area contributed by atoms with E-state index in [9.17, 15) is 19.2 Å². The highest BCUT2D eigenvalue weighted by Gasteiger charge is 2.52. The van der Waals surface area contributed by atoms with E-state index in [0.29, 0.717) is 24.2 Å². The van der Waals surface area contributed by atoms with Crippen LogP contribution in [0.3, 0.4) is 0 Å². The lowest BCUT2D eigenvalue weighted by molar-refractivity contribution is -0.122. The van der Waals surface area contributed by atoms with Crippen LogP contribution in [0.15, 0.2) is 42.5 Å². The zero-order chi connectivity index (χ0) is 24.6. The van der Waals surface area contributed by atoms with Gasteiger partial charge in [-0.15, -0.1) is 23.2 Å². The van der Waals surface area contributed by atoms with E-state index in [1.54, 1.807) is 0 Å². The predicted octanol–water partition coefficient (Wildman–Crippen LogP) is 4.21. The highest BCUT2D eigenvalue weighted by atomic mass is 35.5. The quantitative estimate of drug-likeness (QED) is 0.375. The third-order valence-electron chi connectivity index (χ3n) is 6.35.